The molecule has 26 heavy (non-hydrogen) atoms. The summed E-state index contributed by atoms with van der Waals surface area (Å²) in [6, 6.07) is 12.6. The molecule has 0 saturated carbocycles. The SMILES string of the molecule is O=C(COc1ccc(Cl)cc1)N1CCOC(COc2ccc(F)cc2)C1. The second kappa shape index (κ2) is 8.87. The lowest BCUT2D eigenvalue weighted by atomic mass is 10.2. The van der Waals surface area contributed by atoms with Gasteiger partial charge < -0.3 is 19.1 Å². The first-order valence-electron chi connectivity index (χ1n) is 8.26. The van der Waals surface area contributed by atoms with Gasteiger partial charge in [-0.05, 0) is 48.5 Å². The summed E-state index contributed by atoms with van der Waals surface area (Å²) in [5, 5.41) is 0.612. The summed E-state index contributed by atoms with van der Waals surface area (Å²) in [5.41, 5.74) is 0. The van der Waals surface area contributed by atoms with Crippen molar-refractivity contribution >= 4 is 17.5 Å². The van der Waals surface area contributed by atoms with E-state index in [9.17, 15) is 9.18 Å². The first-order chi connectivity index (χ1) is 12.6. The Morgan fingerprint density at radius 3 is 2.50 bits per heavy atom. The quantitative estimate of drug-likeness (QED) is 0.773. The van der Waals surface area contributed by atoms with Gasteiger partial charge in [-0.1, -0.05) is 11.6 Å². The third kappa shape index (κ3) is 5.34. The van der Waals surface area contributed by atoms with Crippen LogP contribution < -0.4 is 9.47 Å². The molecule has 0 spiro atoms. The highest BCUT2D eigenvalue weighted by atomic mass is 35.5. The molecule has 1 unspecified atom stereocenters. The summed E-state index contributed by atoms with van der Waals surface area (Å²) in [4.78, 5) is 14.0. The first-order valence-corrected chi connectivity index (χ1v) is 8.64. The van der Waals surface area contributed by atoms with E-state index in [0.717, 1.165) is 0 Å². The van der Waals surface area contributed by atoms with Crippen LogP contribution in [0.1, 0.15) is 0 Å². The van der Waals surface area contributed by atoms with Crippen LogP contribution in [-0.4, -0.2) is 49.8 Å². The largest absolute Gasteiger partial charge is 0.491 e. The molecule has 138 valence electrons. The summed E-state index contributed by atoms with van der Waals surface area (Å²) in [5.74, 6) is 0.718. The predicted molar refractivity (Wildman–Crippen MR) is 95.2 cm³/mol. The molecule has 5 nitrogen and oxygen atoms in total. The van der Waals surface area contributed by atoms with Crippen molar-refractivity contribution in [1.29, 1.82) is 0 Å². The van der Waals surface area contributed by atoms with E-state index < -0.39 is 0 Å². The van der Waals surface area contributed by atoms with E-state index in [1.807, 2.05) is 0 Å². The molecule has 1 heterocycles. The molecule has 0 aromatic heterocycles. The van der Waals surface area contributed by atoms with E-state index >= 15 is 0 Å². The normalized spacial score (nSPS) is 17.0. The lowest BCUT2D eigenvalue weighted by molar-refractivity contribution is -0.142. The molecule has 1 aliphatic heterocycles. The molecule has 1 saturated heterocycles. The van der Waals surface area contributed by atoms with E-state index in [1.54, 1.807) is 41.3 Å². The van der Waals surface area contributed by atoms with E-state index in [1.165, 1.54) is 12.1 Å². The van der Waals surface area contributed by atoms with E-state index in [0.29, 0.717) is 36.2 Å². The van der Waals surface area contributed by atoms with Gasteiger partial charge in [0.2, 0.25) is 0 Å². The smallest absolute Gasteiger partial charge is 0.260 e. The highest BCUT2D eigenvalue weighted by Crippen LogP contribution is 2.16. The molecular formula is C19H19ClFNO4. The van der Waals surface area contributed by atoms with Gasteiger partial charge in [0.15, 0.2) is 6.61 Å². The fourth-order valence-electron chi connectivity index (χ4n) is 2.53. The zero-order chi connectivity index (χ0) is 18.4. The lowest BCUT2D eigenvalue weighted by Crippen LogP contribution is -2.49. The third-order valence-corrected chi connectivity index (χ3v) is 4.17. The number of hydrogen-bond acceptors (Lipinski definition) is 4. The molecule has 0 N–H and O–H groups in total. The van der Waals surface area contributed by atoms with Gasteiger partial charge in [-0.2, -0.15) is 0 Å². The molecule has 0 bridgehead atoms. The van der Waals surface area contributed by atoms with Gasteiger partial charge in [0.1, 0.15) is 30.0 Å². The first kappa shape index (κ1) is 18.5. The van der Waals surface area contributed by atoms with Gasteiger partial charge in [0.05, 0.1) is 13.2 Å². The van der Waals surface area contributed by atoms with Crippen LogP contribution in [0.25, 0.3) is 0 Å². The maximum absolute atomic E-state index is 12.9. The number of ether oxygens (including phenoxy) is 3. The van der Waals surface area contributed by atoms with E-state index in [4.69, 9.17) is 25.8 Å². The van der Waals surface area contributed by atoms with Crippen molar-refractivity contribution in [3.05, 3.63) is 59.4 Å². The summed E-state index contributed by atoms with van der Waals surface area (Å²) in [7, 11) is 0. The number of hydrogen-bond donors (Lipinski definition) is 0. The lowest BCUT2D eigenvalue weighted by Gasteiger charge is -2.32. The summed E-state index contributed by atoms with van der Waals surface area (Å²) < 4.78 is 29.6. The molecule has 0 radical (unpaired) electrons. The number of rotatable bonds is 6. The zero-order valence-corrected chi connectivity index (χ0v) is 14.8. The Labute approximate surface area is 156 Å². The van der Waals surface area contributed by atoms with Gasteiger partial charge in [-0.25, -0.2) is 4.39 Å². The highest BCUT2D eigenvalue weighted by molar-refractivity contribution is 6.30. The van der Waals surface area contributed by atoms with Gasteiger partial charge in [-0.15, -0.1) is 0 Å². The Hall–Kier alpha value is -2.31. The van der Waals surface area contributed by atoms with Crippen LogP contribution in [0, 0.1) is 5.82 Å². The van der Waals surface area contributed by atoms with Crippen molar-refractivity contribution in [3.8, 4) is 11.5 Å². The molecule has 2 aromatic rings. The van der Waals surface area contributed by atoms with E-state index in [-0.39, 0.29) is 31.0 Å². The van der Waals surface area contributed by atoms with Gasteiger partial charge in [0.25, 0.3) is 5.91 Å². The van der Waals surface area contributed by atoms with Crippen LogP contribution in [-0.2, 0) is 9.53 Å². The third-order valence-electron chi connectivity index (χ3n) is 3.92. The molecule has 1 amide bonds. The maximum atomic E-state index is 12.9. The van der Waals surface area contributed by atoms with Gasteiger partial charge in [-0.3, -0.25) is 4.79 Å². The molecule has 3 rings (SSSR count). The Morgan fingerprint density at radius 1 is 1.12 bits per heavy atom. The van der Waals surface area contributed by atoms with Gasteiger partial charge in [0, 0.05) is 11.6 Å². The average molecular weight is 380 g/mol. The highest BCUT2D eigenvalue weighted by Gasteiger charge is 2.25. The van der Waals surface area contributed by atoms with Crippen molar-refractivity contribution in [2.24, 2.45) is 0 Å². The minimum absolute atomic E-state index is 0.0484. The Bertz CT molecular complexity index is 723. The van der Waals surface area contributed by atoms with Crippen molar-refractivity contribution in [3.63, 3.8) is 0 Å². The monoisotopic (exact) mass is 379 g/mol. The molecule has 1 fully saturated rings. The van der Waals surface area contributed by atoms with E-state index in [2.05, 4.69) is 0 Å². The van der Waals surface area contributed by atoms with Crippen LogP contribution in [0.3, 0.4) is 0 Å². The number of carbonyl (C=O) groups excluding carboxylic acids is 1. The Kier molecular flexibility index (Phi) is 6.30. The van der Waals surface area contributed by atoms with Crippen molar-refractivity contribution in [2.45, 2.75) is 6.10 Å². The zero-order valence-electron chi connectivity index (χ0n) is 14.1. The van der Waals surface area contributed by atoms with Crippen LogP contribution in [0.2, 0.25) is 5.02 Å². The number of amides is 1. The number of benzene rings is 2. The van der Waals surface area contributed by atoms with Gasteiger partial charge >= 0.3 is 0 Å². The molecule has 7 heteroatoms. The summed E-state index contributed by atoms with van der Waals surface area (Å²) in [6.45, 7) is 1.60. The molecule has 2 aromatic carbocycles. The minimum atomic E-state index is -0.316. The molecule has 0 aliphatic carbocycles. The van der Waals surface area contributed by atoms with Crippen LogP contribution in [0.15, 0.2) is 48.5 Å². The number of carbonyl (C=O) groups is 1. The second-order valence-electron chi connectivity index (χ2n) is 5.84. The fraction of sp³-hybridized carbons (Fsp3) is 0.316. The summed E-state index contributed by atoms with van der Waals surface area (Å²) in [6.07, 6.45) is -0.242. The van der Waals surface area contributed by atoms with Crippen molar-refractivity contribution in [2.75, 3.05) is 32.9 Å². The summed E-state index contributed by atoms with van der Waals surface area (Å²) >= 11 is 5.82. The van der Waals surface area contributed by atoms with Crippen LogP contribution in [0.4, 0.5) is 4.39 Å². The number of nitrogens with zero attached hydrogens (tertiary/aromatic N) is 1. The number of halogens is 2. The predicted octanol–water partition coefficient (Wildman–Crippen LogP) is 3.16. The number of morpholine rings is 1. The Morgan fingerprint density at radius 2 is 1.77 bits per heavy atom. The standard InChI is InChI=1S/C19H19ClFNO4/c20-14-1-5-16(6-2-14)26-13-19(23)22-9-10-24-18(11-22)12-25-17-7-3-15(21)4-8-17/h1-8,18H,9-13H2. The molecular weight excluding hydrogens is 361 g/mol. The van der Waals surface area contributed by atoms with Crippen molar-refractivity contribution in [1.82, 2.24) is 4.90 Å². The topological polar surface area (TPSA) is 48.0 Å². The van der Waals surface area contributed by atoms with Crippen LogP contribution >= 0.6 is 11.6 Å². The average Bonchev–Trinajstić information content (AvgIpc) is 2.67. The Balaban J connectivity index is 1.45. The molecule has 1 aliphatic rings. The second-order valence-corrected chi connectivity index (χ2v) is 6.28. The van der Waals surface area contributed by atoms with Crippen molar-refractivity contribution < 1.29 is 23.4 Å². The fourth-order valence-corrected chi connectivity index (χ4v) is 2.66. The molecule has 1 atom stereocenters. The van der Waals surface area contributed by atoms with Crippen LogP contribution in [0.5, 0.6) is 11.5 Å². The maximum Gasteiger partial charge on any atom is 0.260 e. The minimum Gasteiger partial charge on any atom is -0.491 e.